The van der Waals surface area contributed by atoms with Crippen molar-refractivity contribution in [3.8, 4) is 0 Å². The van der Waals surface area contributed by atoms with E-state index in [0.717, 1.165) is 12.1 Å². The first-order chi connectivity index (χ1) is 9.38. The monoisotopic (exact) mass is 325 g/mol. The molecule has 0 saturated carbocycles. The lowest BCUT2D eigenvalue weighted by Crippen LogP contribution is -2.44. The third kappa shape index (κ3) is 4.42. The fourth-order valence-electron chi connectivity index (χ4n) is 1.46. The highest BCUT2D eigenvalue weighted by Gasteiger charge is 2.37. The number of rotatable bonds is 5. The van der Waals surface area contributed by atoms with Crippen molar-refractivity contribution >= 4 is 10.0 Å². The zero-order valence-electron chi connectivity index (χ0n) is 11.9. The molecular formula is C13H18F3NO3S. The van der Waals surface area contributed by atoms with Crippen molar-refractivity contribution in [2.45, 2.75) is 37.4 Å². The lowest BCUT2D eigenvalue weighted by Gasteiger charge is -2.28. The Morgan fingerprint density at radius 1 is 1.24 bits per heavy atom. The average Bonchev–Trinajstić information content (AvgIpc) is 2.35. The van der Waals surface area contributed by atoms with Gasteiger partial charge in [-0.2, -0.15) is 13.2 Å². The van der Waals surface area contributed by atoms with Gasteiger partial charge < -0.3 is 5.11 Å². The van der Waals surface area contributed by atoms with Crippen molar-refractivity contribution in [2.75, 3.05) is 6.54 Å². The molecule has 21 heavy (non-hydrogen) atoms. The first-order valence-electron chi connectivity index (χ1n) is 6.26. The van der Waals surface area contributed by atoms with Gasteiger partial charge in [0, 0.05) is 6.54 Å². The maximum atomic E-state index is 12.8. The van der Waals surface area contributed by atoms with Gasteiger partial charge in [-0.3, -0.25) is 0 Å². The number of alkyl halides is 3. The van der Waals surface area contributed by atoms with Gasteiger partial charge in [0.2, 0.25) is 10.0 Å². The molecule has 0 radical (unpaired) electrons. The quantitative estimate of drug-likeness (QED) is 0.873. The molecule has 0 amide bonds. The standard InChI is InChI=1S/C13H18F3NO3S/c1-9(2)12(3,18)8-17-21(19,20)11-7-5-4-6-10(11)13(14,15)16/h4-7,9,17-18H,8H2,1-3H3. The van der Waals surface area contributed by atoms with Crippen LogP contribution in [0.25, 0.3) is 0 Å². The molecule has 0 aliphatic rings. The molecule has 0 aliphatic carbocycles. The summed E-state index contributed by atoms with van der Waals surface area (Å²) >= 11 is 0. The summed E-state index contributed by atoms with van der Waals surface area (Å²) in [5.74, 6) is -0.266. The van der Waals surface area contributed by atoms with Crippen LogP contribution >= 0.6 is 0 Å². The van der Waals surface area contributed by atoms with E-state index in [2.05, 4.69) is 0 Å². The molecule has 0 bridgehead atoms. The summed E-state index contributed by atoms with van der Waals surface area (Å²) in [6, 6.07) is 3.92. The first kappa shape index (κ1) is 17.9. The van der Waals surface area contributed by atoms with E-state index in [-0.39, 0.29) is 12.5 Å². The van der Waals surface area contributed by atoms with E-state index >= 15 is 0 Å². The van der Waals surface area contributed by atoms with Gasteiger partial charge in [0.1, 0.15) is 0 Å². The Balaban J connectivity index is 3.11. The Morgan fingerprint density at radius 2 is 1.76 bits per heavy atom. The molecule has 1 aromatic carbocycles. The Labute approximate surface area is 122 Å². The summed E-state index contributed by atoms with van der Waals surface area (Å²) < 4.78 is 64.6. The highest BCUT2D eigenvalue weighted by Crippen LogP contribution is 2.33. The number of sulfonamides is 1. The Morgan fingerprint density at radius 3 is 2.24 bits per heavy atom. The van der Waals surface area contributed by atoms with Crippen LogP contribution < -0.4 is 4.72 Å². The van der Waals surface area contributed by atoms with E-state index < -0.39 is 32.3 Å². The van der Waals surface area contributed by atoms with Crippen LogP contribution in [-0.2, 0) is 16.2 Å². The molecule has 1 rings (SSSR count). The molecule has 0 spiro atoms. The number of hydrogen-bond donors (Lipinski definition) is 2. The second-order valence-electron chi connectivity index (χ2n) is 5.33. The minimum Gasteiger partial charge on any atom is -0.389 e. The summed E-state index contributed by atoms with van der Waals surface area (Å²) in [4.78, 5) is -0.850. The Bertz CT molecular complexity index is 595. The van der Waals surface area contributed by atoms with Gasteiger partial charge in [-0.1, -0.05) is 26.0 Å². The van der Waals surface area contributed by atoms with Crippen LogP contribution in [0.15, 0.2) is 29.2 Å². The van der Waals surface area contributed by atoms with Crippen molar-refractivity contribution in [2.24, 2.45) is 5.92 Å². The van der Waals surface area contributed by atoms with E-state index in [4.69, 9.17) is 0 Å². The van der Waals surface area contributed by atoms with Crippen LogP contribution in [0.2, 0.25) is 0 Å². The molecule has 0 heterocycles. The average molecular weight is 325 g/mol. The summed E-state index contributed by atoms with van der Waals surface area (Å²) in [5, 5.41) is 9.98. The van der Waals surface area contributed by atoms with Gasteiger partial charge in [0.05, 0.1) is 16.1 Å². The molecule has 0 aliphatic heterocycles. The van der Waals surface area contributed by atoms with Crippen molar-refractivity contribution in [3.05, 3.63) is 29.8 Å². The Hall–Kier alpha value is -1.12. The molecule has 1 atom stereocenters. The second-order valence-corrected chi connectivity index (χ2v) is 7.07. The largest absolute Gasteiger partial charge is 0.417 e. The van der Waals surface area contributed by atoms with Crippen LogP contribution in [0, 0.1) is 5.92 Å². The lowest BCUT2D eigenvalue weighted by atomic mass is 9.93. The van der Waals surface area contributed by atoms with Crippen molar-refractivity contribution < 1.29 is 26.7 Å². The van der Waals surface area contributed by atoms with Gasteiger partial charge >= 0.3 is 6.18 Å². The van der Waals surface area contributed by atoms with E-state index in [1.54, 1.807) is 13.8 Å². The molecule has 1 aromatic rings. The van der Waals surface area contributed by atoms with E-state index in [0.29, 0.717) is 6.07 Å². The highest BCUT2D eigenvalue weighted by atomic mass is 32.2. The van der Waals surface area contributed by atoms with Crippen LogP contribution in [-0.4, -0.2) is 25.7 Å². The third-order valence-corrected chi connectivity index (χ3v) is 4.81. The number of aliphatic hydroxyl groups is 1. The van der Waals surface area contributed by atoms with Crippen LogP contribution in [0.1, 0.15) is 26.3 Å². The minimum atomic E-state index is -4.77. The number of nitrogens with one attached hydrogen (secondary N) is 1. The van der Waals surface area contributed by atoms with Gasteiger partial charge in [-0.25, -0.2) is 13.1 Å². The van der Waals surface area contributed by atoms with Gasteiger partial charge in [-0.05, 0) is 25.0 Å². The van der Waals surface area contributed by atoms with Crippen molar-refractivity contribution in [1.82, 2.24) is 4.72 Å². The predicted octanol–water partition coefficient (Wildman–Crippen LogP) is 2.39. The normalized spacial score (nSPS) is 16.0. The molecule has 8 heteroatoms. The minimum absolute atomic E-state index is 0.266. The maximum absolute atomic E-state index is 12.8. The molecule has 120 valence electrons. The van der Waals surface area contributed by atoms with Crippen LogP contribution in [0.5, 0.6) is 0 Å². The molecule has 0 aromatic heterocycles. The zero-order valence-corrected chi connectivity index (χ0v) is 12.7. The van der Waals surface area contributed by atoms with Crippen molar-refractivity contribution in [1.29, 1.82) is 0 Å². The van der Waals surface area contributed by atoms with Gasteiger partial charge in [0.25, 0.3) is 0 Å². The topological polar surface area (TPSA) is 66.4 Å². The molecule has 2 N–H and O–H groups in total. The second kappa shape index (κ2) is 5.94. The molecule has 0 saturated heterocycles. The zero-order chi connectivity index (χ0) is 16.5. The Kier molecular flexibility index (Phi) is 5.07. The molecule has 0 fully saturated rings. The molecule has 4 nitrogen and oxygen atoms in total. The van der Waals surface area contributed by atoms with Gasteiger partial charge in [-0.15, -0.1) is 0 Å². The smallest absolute Gasteiger partial charge is 0.389 e. The summed E-state index contributed by atoms with van der Waals surface area (Å²) in [6.07, 6.45) is -4.77. The van der Waals surface area contributed by atoms with E-state index in [1.165, 1.54) is 13.0 Å². The van der Waals surface area contributed by atoms with E-state index in [9.17, 15) is 26.7 Å². The van der Waals surface area contributed by atoms with Gasteiger partial charge in [0.15, 0.2) is 0 Å². The van der Waals surface area contributed by atoms with E-state index in [1.807, 2.05) is 4.72 Å². The summed E-state index contributed by atoms with van der Waals surface area (Å²) in [6.45, 7) is 4.39. The SMILES string of the molecule is CC(C)C(C)(O)CNS(=O)(=O)c1ccccc1C(F)(F)F. The maximum Gasteiger partial charge on any atom is 0.417 e. The fraction of sp³-hybridized carbons (Fsp3) is 0.538. The number of hydrogen-bond acceptors (Lipinski definition) is 3. The predicted molar refractivity (Wildman–Crippen MR) is 72.1 cm³/mol. The number of benzene rings is 1. The molecular weight excluding hydrogens is 307 g/mol. The molecule has 1 unspecified atom stereocenters. The van der Waals surface area contributed by atoms with Crippen molar-refractivity contribution in [3.63, 3.8) is 0 Å². The summed E-state index contributed by atoms with van der Waals surface area (Å²) in [5.41, 5.74) is -2.60. The van der Waals surface area contributed by atoms with Crippen LogP contribution in [0.4, 0.5) is 13.2 Å². The highest BCUT2D eigenvalue weighted by molar-refractivity contribution is 7.89. The summed E-state index contributed by atoms with van der Waals surface area (Å²) in [7, 11) is -4.37. The number of halogens is 3. The fourth-order valence-corrected chi connectivity index (χ4v) is 2.83. The third-order valence-electron chi connectivity index (χ3n) is 3.35. The van der Waals surface area contributed by atoms with Crippen LogP contribution in [0.3, 0.4) is 0 Å². The lowest BCUT2D eigenvalue weighted by molar-refractivity contribution is -0.139. The first-order valence-corrected chi connectivity index (χ1v) is 7.74.